The standard InChI is InChI=1S/C24H31N3O2/c1-19(20-8-10-22(11-9-20)27-14-16-29-17-15-27)25-24(28)23-7-3-2-6-21(23)18-26-12-4-5-13-26/h2-3,6-11,19H,4-5,12-18H2,1H3,(H,25,28). The molecule has 0 spiro atoms. The first-order valence-electron chi connectivity index (χ1n) is 10.7. The average molecular weight is 394 g/mol. The molecule has 1 N–H and O–H groups in total. The van der Waals surface area contributed by atoms with Crippen molar-refractivity contribution < 1.29 is 9.53 Å². The van der Waals surface area contributed by atoms with Crippen LogP contribution < -0.4 is 10.2 Å². The molecule has 29 heavy (non-hydrogen) atoms. The second kappa shape index (κ2) is 9.42. The van der Waals surface area contributed by atoms with E-state index in [0.29, 0.717) is 0 Å². The van der Waals surface area contributed by atoms with Crippen molar-refractivity contribution in [2.75, 3.05) is 44.3 Å². The van der Waals surface area contributed by atoms with Crippen LogP contribution in [0.1, 0.15) is 47.3 Å². The highest BCUT2D eigenvalue weighted by Crippen LogP contribution is 2.21. The summed E-state index contributed by atoms with van der Waals surface area (Å²) in [7, 11) is 0. The van der Waals surface area contributed by atoms with Crippen LogP contribution in [0.5, 0.6) is 0 Å². The van der Waals surface area contributed by atoms with Gasteiger partial charge in [0.1, 0.15) is 0 Å². The monoisotopic (exact) mass is 393 g/mol. The minimum Gasteiger partial charge on any atom is -0.378 e. The highest BCUT2D eigenvalue weighted by atomic mass is 16.5. The molecule has 0 aromatic heterocycles. The molecule has 1 atom stereocenters. The summed E-state index contributed by atoms with van der Waals surface area (Å²) in [5.74, 6) is 0.00422. The van der Waals surface area contributed by atoms with E-state index in [1.807, 2.05) is 25.1 Å². The van der Waals surface area contributed by atoms with Crippen molar-refractivity contribution in [3.05, 3.63) is 65.2 Å². The topological polar surface area (TPSA) is 44.8 Å². The van der Waals surface area contributed by atoms with E-state index in [2.05, 4.69) is 45.4 Å². The fraction of sp³-hybridized carbons (Fsp3) is 0.458. The molecule has 1 amide bonds. The van der Waals surface area contributed by atoms with E-state index >= 15 is 0 Å². The quantitative estimate of drug-likeness (QED) is 0.814. The summed E-state index contributed by atoms with van der Waals surface area (Å²) in [6.45, 7) is 8.58. The van der Waals surface area contributed by atoms with Crippen LogP contribution in [0, 0.1) is 0 Å². The first-order valence-corrected chi connectivity index (χ1v) is 10.7. The fourth-order valence-corrected chi connectivity index (χ4v) is 4.21. The van der Waals surface area contributed by atoms with Crippen LogP contribution in [-0.4, -0.2) is 50.2 Å². The van der Waals surface area contributed by atoms with Crippen LogP contribution in [0.15, 0.2) is 48.5 Å². The van der Waals surface area contributed by atoms with Crippen molar-refractivity contribution in [3.63, 3.8) is 0 Å². The lowest BCUT2D eigenvalue weighted by Gasteiger charge is -2.29. The molecule has 5 heteroatoms. The summed E-state index contributed by atoms with van der Waals surface area (Å²) in [5.41, 5.74) is 4.23. The predicted octanol–water partition coefficient (Wildman–Crippen LogP) is 3.61. The molecule has 0 aliphatic carbocycles. The Kier molecular flexibility index (Phi) is 6.47. The molecule has 5 nitrogen and oxygen atoms in total. The SMILES string of the molecule is CC(NC(=O)c1ccccc1CN1CCCC1)c1ccc(N2CCOCC2)cc1. The highest BCUT2D eigenvalue weighted by Gasteiger charge is 2.18. The normalized spacial score (nSPS) is 18.6. The number of rotatable bonds is 6. The van der Waals surface area contributed by atoms with E-state index < -0.39 is 0 Å². The van der Waals surface area contributed by atoms with E-state index in [-0.39, 0.29) is 11.9 Å². The zero-order valence-electron chi connectivity index (χ0n) is 17.3. The third-order valence-electron chi connectivity index (χ3n) is 5.97. The van der Waals surface area contributed by atoms with Crippen molar-refractivity contribution in [2.24, 2.45) is 0 Å². The van der Waals surface area contributed by atoms with Crippen LogP contribution in [0.2, 0.25) is 0 Å². The maximum absolute atomic E-state index is 13.0. The molecule has 2 saturated heterocycles. The number of carbonyl (C=O) groups is 1. The van der Waals surface area contributed by atoms with Crippen LogP contribution in [-0.2, 0) is 11.3 Å². The molecule has 2 aromatic carbocycles. The maximum atomic E-state index is 13.0. The Bertz CT molecular complexity index is 809. The van der Waals surface area contributed by atoms with Crippen molar-refractivity contribution in [3.8, 4) is 0 Å². The molecule has 2 aromatic rings. The molecule has 2 aliphatic rings. The number of benzene rings is 2. The van der Waals surface area contributed by atoms with Gasteiger partial charge in [-0.2, -0.15) is 0 Å². The number of likely N-dealkylation sites (tertiary alicyclic amines) is 1. The summed E-state index contributed by atoms with van der Waals surface area (Å²) in [6, 6.07) is 16.5. The lowest BCUT2D eigenvalue weighted by Crippen LogP contribution is -2.36. The number of amides is 1. The Hall–Kier alpha value is -2.37. The molecular weight excluding hydrogens is 362 g/mol. The Morgan fingerprint density at radius 3 is 2.41 bits per heavy atom. The number of ether oxygens (including phenoxy) is 1. The van der Waals surface area contributed by atoms with Gasteiger partial charge in [-0.1, -0.05) is 30.3 Å². The van der Waals surface area contributed by atoms with Gasteiger partial charge in [-0.25, -0.2) is 0 Å². The molecule has 2 fully saturated rings. The number of carbonyl (C=O) groups excluding carboxylic acids is 1. The minimum absolute atomic E-state index is 0.00422. The second-order valence-electron chi connectivity index (χ2n) is 8.03. The third-order valence-corrected chi connectivity index (χ3v) is 5.97. The number of morpholine rings is 1. The van der Waals surface area contributed by atoms with Crippen LogP contribution in [0.25, 0.3) is 0 Å². The fourth-order valence-electron chi connectivity index (χ4n) is 4.21. The average Bonchev–Trinajstić information content (AvgIpc) is 3.28. The van der Waals surface area contributed by atoms with Crippen molar-refractivity contribution in [1.82, 2.24) is 10.2 Å². The third kappa shape index (κ3) is 4.98. The summed E-state index contributed by atoms with van der Waals surface area (Å²) in [6.07, 6.45) is 2.51. The van der Waals surface area contributed by atoms with Crippen LogP contribution >= 0.6 is 0 Å². The van der Waals surface area contributed by atoms with Gasteiger partial charge < -0.3 is 15.0 Å². The number of hydrogen-bond donors (Lipinski definition) is 1. The number of hydrogen-bond acceptors (Lipinski definition) is 4. The van der Waals surface area contributed by atoms with E-state index in [1.54, 1.807) is 0 Å². The van der Waals surface area contributed by atoms with Gasteiger partial charge >= 0.3 is 0 Å². The molecule has 2 heterocycles. The van der Waals surface area contributed by atoms with Gasteiger partial charge in [-0.15, -0.1) is 0 Å². The number of nitrogens with one attached hydrogen (secondary N) is 1. The minimum atomic E-state index is -0.0407. The van der Waals surface area contributed by atoms with Gasteiger partial charge in [-0.05, 0) is 62.2 Å². The molecule has 154 valence electrons. The first-order chi connectivity index (χ1) is 14.2. The first kappa shape index (κ1) is 19.9. The Labute approximate surface area is 173 Å². The molecule has 1 unspecified atom stereocenters. The maximum Gasteiger partial charge on any atom is 0.252 e. The second-order valence-corrected chi connectivity index (χ2v) is 8.03. The largest absolute Gasteiger partial charge is 0.378 e. The van der Waals surface area contributed by atoms with Gasteiger partial charge in [-0.3, -0.25) is 9.69 Å². The molecule has 0 saturated carbocycles. The zero-order valence-corrected chi connectivity index (χ0v) is 17.3. The number of nitrogens with zero attached hydrogens (tertiary/aromatic N) is 2. The Morgan fingerprint density at radius 2 is 1.69 bits per heavy atom. The van der Waals surface area contributed by atoms with E-state index in [9.17, 15) is 4.79 Å². The van der Waals surface area contributed by atoms with E-state index in [1.165, 1.54) is 18.5 Å². The molecule has 0 bridgehead atoms. The van der Waals surface area contributed by atoms with Crippen molar-refractivity contribution in [1.29, 1.82) is 0 Å². The lowest BCUT2D eigenvalue weighted by atomic mass is 10.0. The van der Waals surface area contributed by atoms with Gasteiger partial charge in [0.25, 0.3) is 5.91 Å². The van der Waals surface area contributed by atoms with Gasteiger partial charge in [0, 0.05) is 30.9 Å². The molecular formula is C24H31N3O2. The molecule has 2 aliphatic heterocycles. The Morgan fingerprint density at radius 1 is 1.00 bits per heavy atom. The highest BCUT2D eigenvalue weighted by molar-refractivity contribution is 5.95. The molecule has 0 radical (unpaired) electrons. The van der Waals surface area contributed by atoms with Crippen molar-refractivity contribution in [2.45, 2.75) is 32.4 Å². The zero-order chi connectivity index (χ0) is 20.1. The number of anilines is 1. The van der Waals surface area contributed by atoms with Gasteiger partial charge in [0.05, 0.1) is 19.3 Å². The summed E-state index contributed by atoms with van der Waals surface area (Å²) >= 11 is 0. The van der Waals surface area contributed by atoms with Gasteiger partial charge in [0.2, 0.25) is 0 Å². The van der Waals surface area contributed by atoms with E-state index in [0.717, 1.165) is 62.6 Å². The predicted molar refractivity (Wildman–Crippen MR) is 116 cm³/mol. The van der Waals surface area contributed by atoms with Gasteiger partial charge in [0.15, 0.2) is 0 Å². The summed E-state index contributed by atoms with van der Waals surface area (Å²) in [4.78, 5) is 17.8. The summed E-state index contributed by atoms with van der Waals surface area (Å²) in [5, 5.41) is 3.19. The van der Waals surface area contributed by atoms with Crippen molar-refractivity contribution >= 4 is 11.6 Å². The smallest absolute Gasteiger partial charge is 0.252 e. The Balaban J connectivity index is 1.40. The van der Waals surface area contributed by atoms with Crippen LogP contribution in [0.4, 0.5) is 5.69 Å². The lowest BCUT2D eigenvalue weighted by molar-refractivity contribution is 0.0938. The molecule has 4 rings (SSSR count). The van der Waals surface area contributed by atoms with Crippen LogP contribution in [0.3, 0.4) is 0 Å². The van der Waals surface area contributed by atoms with E-state index in [4.69, 9.17) is 4.74 Å². The summed E-state index contributed by atoms with van der Waals surface area (Å²) < 4.78 is 5.43.